The van der Waals surface area contributed by atoms with E-state index in [2.05, 4.69) is 28.9 Å². The van der Waals surface area contributed by atoms with E-state index in [-0.39, 0.29) is 0 Å². The first-order chi connectivity index (χ1) is 7.13. The number of hydrogen-bond donors (Lipinski definition) is 1. The first-order valence-corrected chi connectivity index (χ1v) is 4.90. The summed E-state index contributed by atoms with van der Waals surface area (Å²) in [5, 5.41) is 3.27. The zero-order valence-corrected chi connectivity index (χ0v) is 9.28. The molecule has 15 heavy (non-hydrogen) atoms. The summed E-state index contributed by atoms with van der Waals surface area (Å²) in [7, 11) is 1.35. The van der Waals surface area contributed by atoms with E-state index in [9.17, 15) is 4.79 Å². The molecule has 0 aliphatic carbocycles. The quantitative estimate of drug-likeness (QED) is 0.759. The molecular formula is C11H16N2O2. The molecule has 0 radical (unpaired) electrons. The van der Waals surface area contributed by atoms with Gasteiger partial charge in [0.2, 0.25) is 0 Å². The topological polar surface area (TPSA) is 51.2 Å². The van der Waals surface area contributed by atoms with Gasteiger partial charge in [-0.15, -0.1) is 0 Å². The number of rotatable bonds is 4. The van der Waals surface area contributed by atoms with Crippen molar-refractivity contribution in [3.8, 4) is 0 Å². The van der Waals surface area contributed by atoms with Crippen LogP contribution in [0, 0.1) is 0 Å². The van der Waals surface area contributed by atoms with Gasteiger partial charge in [0.05, 0.1) is 7.11 Å². The maximum Gasteiger partial charge on any atom is 0.356 e. The molecular weight excluding hydrogens is 192 g/mol. The van der Waals surface area contributed by atoms with Gasteiger partial charge in [-0.25, -0.2) is 9.78 Å². The lowest BCUT2D eigenvalue weighted by Gasteiger charge is -2.07. The van der Waals surface area contributed by atoms with Gasteiger partial charge >= 0.3 is 5.97 Å². The van der Waals surface area contributed by atoms with Crippen molar-refractivity contribution in [1.29, 1.82) is 0 Å². The number of hydrogen-bond acceptors (Lipinski definition) is 4. The van der Waals surface area contributed by atoms with Crippen LogP contribution in [0.25, 0.3) is 0 Å². The summed E-state index contributed by atoms with van der Waals surface area (Å²) in [5.41, 5.74) is 1.39. The summed E-state index contributed by atoms with van der Waals surface area (Å²) in [6, 6.07) is 3.97. The van der Waals surface area contributed by atoms with Gasteiger partial charge in [-0.2, -0.15) is 0 Å². The lowest BCUT2D eigenvalue weighted by Crippen LogP contribution is -2.22. The smallest absolute Gasteiger partial charge is 0.356 e. The van der Waals surface area contributed by atoms with Crippen molar-refractivity contribution in [3.05, 3.63) is 29.6 Å². The highest BCUT2D eigenvalue weighted by atomic mass is 16.5. The van der Waals surface area contributed by atoms with Gasteiger partial charge in [-0.3, -0.25) is 0 Å². The molecule has 0 atom stereocenters. The van der Waals surface area contributed by atoms with E-state index in [1.165, 1.54) is 7.11 Å². The van der Waals surface area contributed by atoms with Crippen LogP contribution in [0.1, 0.15) is 29.9 Å². The number of carbonyl (C=O) groups is 1. The molecule has 0 unspecified atom stereocenters. The van der Waals surface area contributed by atoms with Crippen molar-refractivity contribution in [2.24, 2.45) is 0 Å². The van der Waals surface area contributed by atoms with Gasteiger partial charge < -0.3 is 10.1 Å². The third-order valence-electron chi connectivity index (χ3n) is 1.93. The number of pyridine rings is 1. The molecule has 0 aliphatic heterocycles. The molecule has 1 aromatic rings. The maximum atomic E-state index is 11.1. The van der Waals surface area contributed by atoms with Crippen LogP contribution in [0.2, 0.25) is 0 Å². The third-order valence-corrected chi connectivity index (χ3v) is 1.93. The Labute approximate surface area is 89.7 Å². The number of aromatic nitrogens is 1. The highest BCUT2D eigenvalue weighted by Gasteiger charge is 2.05. The molecule has 4 nitrogen and oxygen atoms in total. The van der Waals surface area contributed by atoms with Crippen LogP contribution in [-0.4, -0.2) is 24.1 Å². The van der Waals surface area contributed by atoms with Gasteiger partial charge in [-0.1, -0.05) is 19.9 Å². The number of ether oxygens (including phenoxy) is 1. The molecule has 0 fully saturated rings. The van der Waals surface area contributed by atoms with Gasteiger partial charge in [0, 0.05) is 18.8 Å². The molecule has 1 N–H and O–H groups in total. The Morgan fingerprint density at radius 3 is 2.73 bits per heavy atom. The number of nitrogens with one attached hydrogen (secondary N) is 1. The van der Waals surface area contributed by atoms with Crippen LogP contribution in [-0.2, 0) is 11.3 Å². The normalized spacial score (nSPS) is 10.4. The number of nitrogens with zero attached hydrogens (tertiary/aromatic N) is 1. The van der Waals surface area contributed by atoms with E-state index in [0.29, 0.717) is 11.7 Å². The fourth-order valence-electron chi connectivity index (χ4n) is 1.08. The van der Waals surface area contributed by atoms with Crippen molar-refractivity contribution >= 4 is 5.97 Å². The van der Waals surface area contributed by atoms with Crippen molar-refractivity contribution in [1.82, 2.24) is 10.3 Å². The highest BCUT2D eigenvalue weighted by molar-refractivity contribution is 5.86. The second kappa shape index (κ2) is 5.46. The summed E-state index contributed by atoms with van der Waals surface area (Å²) in [5.74, 6) is -0.404. The molecule has 0 saturated heterocycles. The Balaban J connectivity index is 2.60. The van der Waals surface area contributed by atoms with E-state index < -0.39 is 5.97 Å². The molecule has 0 bridgehead atoms. The zero-order valence-electron chi connectivity index (χ0n) is 9.28. The summed E-state index contributed by atoms with van der Waals surface area (Å²) in [4.78, 5) is 15.1. The number of methoxy groups -OCH3 is 1. The van der Waals surface area contributed by atoms with Crippen LogP contribution in [0.15, 0.2) is 18.3 Å². The SMILES string of the molecule is COC(=O)c1ccc(CNC(C)C)cn1. The predicted octanol–water partition coefficient (Wildman–Crippen LogP) is 1.37. The van der Waals surface area contributed by atoms with E-state index in [1.807, 2.05) is 6.07 Å². The lowest BCUT2D eigenvalue weighted by molar-refractivity contribution is 0.0594. The number of esters is 1. The van der Waals surface area contributed by atoms with E-state index in [4.69, 9.17) is 0 Å². The minimum atomic E-state index is -0.404. The Hall–Kier alpha value is -1.42. The lowest BCUT2D eigenvalue weighted by atomic mass is 10.2. The summed E-state index contributed by atoms with van der Waals surface area (Å²) >= 11 is 0. The highest BCUT2D eigenvalue weighted by Crippen LogP contribution is 2.01. The fraction of sp³-hybridized carbons (Fsp3) is 0.455. The second-order valence-corrected chi connectivity index (χ2v) is 3.58. The summed E-state index contributed by atoms with van der Waals surface area (Å²) < 4.78 is 4.56. The van der Waals surface area contributed by atoms with Crippen molar-refractivity contribution in [3.63, 3.8) is 0 Å². The standard InChI is InChI=1S/C11H16N2O2/c1-8(2)12-6-9-4-5-10(13-7-9)11(14)15-3/h4-5,7-8,12H,6H2,1-3H3. The summed E-state index contributed by atoms with van der Waals surface area (Å²) in [6.45, 7) is 4.92. The molecule has 82 valence electrons. The molecule has 1 rings (SSSR count). The average Bonchev–Trinajstić information content (AvgIpc) is 2.26. The van der Waals surface area contributed by atoms with E-state index >= 15 is 0 Å². The molecule has 4 heteroatoms. The van der Waals surface area contributed by atoms with Crippen LogP contribution in [0.3, 0.4) is 0 Å². The molecule has 1 heterocycles. The Kier molecular flexibility index (Phi) is 4.24. The van der Waals surface area contributed by atoms with Gasteiger partial charge in [0.25, 0.3) is 0 Å². The average molecular weight is 208 g/mol. The molecule has 0 spiro atoms. The van der Waals surface area contributed by atoms with Crippen molar-refractivity contribution in [2.75, 3.05) is 7.11 Å². The minimum Gasteiger partial charge on any atom is -0.464 e. The second-order valence-electron chi connectivity index (χ2n) is 3.58. The Morgan fingerprint density at radius 2 is 2.27 bits per heavy atom. The van der Waals surface area contributed by atoms with Gasteiger partial charge in [0.15, 0.2) is 0 Å². The first-order valence-electron chi connectivity index (χ1n) is 4.90. The van der Waals surface area contributed by atoms with Crippen molar-refractivity contribution < 1.29 is 9.53 Å². The van der Waals surface area contributed by atoms with Crippen LogP contribution < -0.4 is 5.32 Å². The van der Waals surface area contributed by atoms with E-state index in [1.54, 1.807) is 12.3 Å². The first kappa shape index (κ1) is 11.7. The predicted molar refractivity (Wildman–Crippen MR) is 57.6 cm³/mol. The Bertz CT molecular complexity index is 320. The molecule has 0 aliphatic rings. The fourth-order valence-corrected chi connectivity index (χ4v) is 1.08. The zero-order chi connectivity index (χ0) is 11.3. The molecule has 1 aromatic heterocycles. The molecule has 0 saturated carbocycles. The summed E-state index contributed by atoms with van der Waals surface area (Å²) in [6.07, 6.45) is 1.68. The number of carbonyl (C=O) groups excluding carboxylic acids is 1. The van der Waals surface area contributed by atoms with E-state index in [0.717, 1.165) is 12.1 Å². The minimum absolute atomic E-state index is 0.339. The third kappa shape index (κ3) is 3.67. The largest absolute Gasteiger partial charge is 0.464 e. The van der Waals surface area contributed by atoms with Gasteiger partial charge in [0.1, 0.15) is 5.69 Å². The van der Waals surface area contributed by atoms with Crippen LogP contribution in [0.4, 0.5) is 0 Å². The van der Waals surface area contributed by atoms with Crippen LogP contribution >= 0.6 is 0 Å². The monoisotopic (exact) mass is 208 g/mol. The van der Waals surface area contributed by atoms with Gasteiger partial charge in [-0.05, 0) is 11.6 Å². The maximum absolute atomic E-state index is 11.1. The molecule has 0 aromatic carbocycles. The Morgan fingerprint density at radius 1 is 1.53 bits per heavy atom. The van der Waals surface area contributed by atoms with Crippen LogP contribution in [0.5, 0.6) is 0 Å². The van der Waals surface area contributed by atoms with Crippen molar-refractivity contribution in [2.45, 2.75) is 26.4 Å². The molecule has 0 amide bonds.